The minimum absolute atomic E-state index is 0.0395. The molecule has 0 spiro atoms. The summed E-state index contributed by atoms with van der Waals surface area (Å²) in [5, 5.41) is 36.3. The Morgan fingerprint density at radius 2 is 1.62 bits per heavy atom. The first-order chi connectivity index (χ1) is 32.6. The third kappa shape index (κ3) is 12.0. The highest BCUT2D eigenvalue weighted by atomic mass is 16.5. The number of carbonyl (C=O) groups excluding carboxylic acids is 7. The van der Waals surface area contributed by atoms with Gasteiger partial charge in [-0.3, -0.25) is 33.8 Å². The molecular formula is C48H67N9O12. The summed E-state index contributed by atoms with van der Waals surface area (Å²) in [7, 11) is 4.65. The maximum atomic E-state index is 14.3. The number of aromatic hydroxyl groups is 1. The van der Waals surface area contributed by atoms with Crippen molar-refractivity contribution in [3.05, 3.63) is 75.1 Å². The molecule has 3 aliphatic rings. The molecule has 2 aromatic carbocycles. The standard InChI is InChI=1S/C48H67N9O12/c1-10-29-37(40(60)42(68-9)25(5)39(29)59)34(57-21-35-31-19-36(58)41(67-8)24(4)30(31)18-33(46(57)64)56(35)7)20-52-43(61)26(6)53-48(66)69-22-27-13-15-28(16-14-27)54-44(62)32(12-11-17-51-47(50)65)55-45(63)38(49)23(2)3/h13-16,19,23,26,32-35,38,46,58,64H,10-12,17-18,20-22,49H2,1-9H3,(H,52,61)(H,53,66)(H,54,62)(H,55,63)(H3,50,51,65)/t26-,32-,33-,34-,35+,38-,46-/m0/s1. The number of methoxy groups -OCH3 is 2. The van der Waals surface area contributed by atoms with Gasteiger partial charge in [-0.15, -0.1) is 0 Å². The number of allylic oxidation sites excluding steroid dienone is 3. The zero-order chi connectivity index (χ0) is 51.0. The van der Waals surface area contributed by atoms with Crippen LogP contribution in [0.25, 0.3) is 0 Å². The average Bonchev–Trinajstić information content (AvgIpc) is 3.30. The summed E-state index contributed by atoms with van der Waals surface area (Å²) in [6, 6.07) is 2.46. The SMILES string of the molecule is CCC1=C([C@H](CNC(=O)[C@H](C)NC(=O)OCc2ccc(NC(=O)[C@H](CCCNC(N)=O)NC(=O)[C@@H](N)C(C)C)cc2)N2C[C@@H]3c4cc(O)c(OC)c(C)c4C[C@@H]([C@@H]2O)N3C)C(=O)C(OC)=C(C)C1=O. The van der Waals surface area contributed by atoms with Gasteiger partial charge in [-0.2, -0.15) is 0 Å². The number of nitrogens with two attached hydrogens (primary N) is 2. The third-order valence-electron chi connectivity index (χ3n) is 13.2. The number of phenolic OH excluding ortho intramolecular Hbond substituents is 1. The number of likely N-dealkylation sites (N-methyl/N-ethyl adjacent to an activating group) is 1. The fraction of sp³-hybridized carbons (Fsp3) is 0.521. The molecule has 6 amide bonds. The van der Waals surface area contributed by atoms with Crippen LogP contribution in [0.15, 0.2) is 52.8 Å². The van der Waals surface area contributed by atoms with Gasteiger partial charge >= 0.3 is 12.1 Å². The van der Waals surface area contributed by atoms with E-state index in [0.29, 0.717) is 29.8 Å². The smallest absolute Gasteiger partial charge is 0.408 e. The Hall–Kier alpha value is -6.55. The minimum atomic E-state index is -1.19. The molecule has 376 valence electrons. The van der Waals surface area contributed by atoms with Crippen molar-refractivity contribution in [2.75, 3.05) is 46.2 Å². The van der Waals surface area contributed by atoms with Crippen molar-refractivity contribution in [3.8, 4) is 11.5 Å². The van der Waals surface area contributed by atoms with E-state index >= 15 is 0 Å². The quantitative estimate of drug-likeness (QED) is 0.0674. The first-order valence-corrected chi connectivity index (χ1v) is 23.0. The van der Waals surface area contributed by atoms with E-state index < -0.39 is 72.1 Å². The number of nitrogens with zero attached hydrogens (tertiary/aromatic N) is 2. The highest BCUT2D eigenvalue weighted by Gasteiger charge is 2.49. The number of amides is 6. The number of anilines is 1. The number of rotatable bonds is 20. The van der Waals surface area contributed by atoms with Crippen LogP contribution in [-0.2, 0) is 46.5 Å². The summed E-state index contributed by atoms with van der Waals surface area (Å²) in [6.07, 6.45) is -1.03. The molecular weight excluding hydrogens is 895 g/mol. The predicted molar refractivity (Wildman–Crippen MR) is 253 cm³/mol. The zero-order valence-electron chi connectivity index (χ0n) is 40.7. The monoisotopic (exact) mass is 961 g/mol. The molecule has 7 atom stereocenters. The number of aliphatic hydroxyl groups excluding tert-OH is 1. The molecule has 0 unspecified atom stereocenters. The van der Waals surface area contributed by atoms with Gasteiger partial charge < -0.3 is 62.5 Å². The van der Waals surface area contributed by atoms with E-state index in [9.17, 15) is 43.8 Å². The Balaban J connectivity index is 1.26. The van der Waals surface area contributed by atoms with Crippen molar-refractivity contribution in [1.29, 1.82) is 0 Å². The lowest BCUT2D eigenvalue weighted by molar-refractivity contribution is -0.136. The maximum Gasteiger partial charge on any atom is 0.408 e. The topological polar surface area (TPSA) is 306 Å². The number of Topliss-reactive ketones (excluding diaryl/α,β-unsaturated/α-hetero) is 2. The number of nitrogens with one attached hydrogen (secondary N) is 5. The molecule has 2 aromatic rings. The van der Waals surface area contributed by atoms with Gasteiger partial charge in [0.2, 0.25) is 23.5 Å². The summed E-state index contributed by atoms with van der Waals surface area (Å²) in [6.45, 7) is 10.00. The molecule has 21 heteroatoms. The van der Waals surface area contributed by atoms with E-state index in [1.807, 2.05) is 18.9 Å². The van der Waals surface area contributed by atoms with Crippen molar-refractivity contribution < 1.29 is 58.0 Å². The number of fused-ring (bicyclic) bond motifs is 4. The van der Waals surface area contributed by atoms with Crippen LogP contribution in [0.1, 0.15) is 82.2 Å². The van der Waals surface area contributed by atoms with Crippen LogP contribution in [0.5, 0.6) is 11.5 Å². The lowest BCUT2D eigenvalue weighted by atomic mass is 9.79. The van der Waals surface area contributed by atoms with E-state index in [1.165, 1.54) is 28.1 Å². The average molecular weight is 962 g/mol. The summed E-state index contributed by atoms with van der Waals surface area (Å²) < 4.78 is 16.3. The number of hydrogen-bond acceptors (Lipinski definition) is 15. The summed E-state index contributed by atoms with van der Waals surface area (Å²) >= 11 is 0. The Bertz CT molecular complexity index is 2370. The molecule has 21 nitrogen and oxygen atoms in total. The van der Waals surface area contributed by atoms with E-state index in [0.717, 1.165) is 16.7 Å². The van der Waals surface area contributed by atoms with Gasteiger partial charge in [0, 0.05) is 48.1 Å². The summed E-state index contributed by atoms with van der Waals surface area (Å²) in [5.74, 6) is -2.59. The van der Waals surface area contributed by atoms with Gasteiger partial charge in [0.25, 0.3) is 0 Å². The van der Waals surface area contributed by atoms with Crippen LogP contribution >= 0.6 is 0 Å². The normalized spacial score (nSPS) is 20.0. The lowest BCUT2D eigenvalue weighted by Crippen LogP contribution is -2.66. The molecule has 69 heavy (non-hydrogen) atoms. The van der Waals surface area contributed by atoms with Gasteiger partial charge in [-0.25, -0.2) is 9.59 Å². The van der Waals surface area contributed by atoms with Crippen molar-refractivity contribution in [3.63, 3.8) is 0 Å². The molecule has 1 fully saturated rings. The van der Waals surface area contributed by atoms with Gasteiger partial charge in [0.05, 0.1) is 32.3 Å². The van der Waals surface area contributed by atoms with Crippen LogP contribution in [0, 0.1) is 12.8 Å². The van der Waals surface area contributed by atoms with E-state index in [1.54, 1.807) is 56.0 Å². The second-order valence-corrected chi connectivity index (χ2v) is 17.9. The number of urea groups is 1. The number of aliphatic hydroxyl groups is 1. The van der Waals surface area contributed by atoms with Crippen LogP contribution in [-0.4, -0.2) is 139 Å². The summed E-state index contributed by atoms with van der Waals surface area (Å²) in [5.41, 5.74) is 15.0. The molecule has 2 aliphatic heterocycles. The molecule has 2 heterocycles. The van der Waals surface area contributed by atoms with Gasteiger partial charge in [0.15, 0.2) is 23.0 Å². The van der Waals surface area contributed by atoms with Gasteiger partial charge in [-0.1, -0.05) is 32.9 Å². The first-order valence-electron chi connectivity index (χ1n) is 23.0. The zero-order valence-corrected chi connectivity index (χ0v) is 40.7. The molecule has 0 aromatic heterocycles. The van der Waals surface area contributed by atoms with Crippen molar-refractivity contribution in [1.82, 2.24) is 31.1 Å². The first kappa shape index (κ1) is 53.4. The molecule has 1 aliphatic carbocycles. The number of ketones is 2. The Labute approximate surface area is 401 Å². The van der Waals surface area contributed by atoms with Crippen molar-refractivity contribution in [2.24, 2.45) is 17.4 Å². The van der Waals surface area contributed by atoms with E-state index in [2.05, 4.69) is 26.6 Å². The number of carbonyl (C=O) groups is 7. The molecule has 0 saturated carbocycles. The number of phenols is 1. The number of alkyl carbamates (subject to hydrolysis) is 1. The second-order valence-electron chi connectivity index (χ2n) is 17.9. The Morgan fingerprint density at radius 1 is 0.942 bits per heavy atom. The number of primary amides is 1. The Kier molecular flexibility index (Phi) is 17.9. The highest BCUT2D eigenvalue weighted by molar-refractivity contribution is 6.24. The van der Waals surface area contributed by atoms with Crippen LogP contribution in [0.2, 0.25) is 0 Å². The largest absolute Gasteiger partial charge is 0.504 e. The van der Waals surface area contributed by atoms with Crippen LogP contribution in [0.3, 0.4) is 0 Å². The maximum absolute atomic E-state index is 14.3. The van der Waals surface area contributed by atoms with E-state index in [-0.39, 0.29) is 85.1 Å². The fourth-order valence-corrected chi connectivity index (χ4v) is 9.13. The van der Waals surface area contributed by atoms with Crippen molar-refractivity contribution >= 4 is 47.1 Å². The summed E-state index contributed by atoms with van der Waals surface area (Å²) in [4.78, 5) is 95.5. The molecule has 5 rings (SSSR count). The van der Waals surface area contributed by atoms with E-state index in [4.69, 9.17) is 25.7 Å². The van der Waals surface area contributed by atoms with Crippen LogP contribution < -0.4 is 42.8 Å². The number of ether oxygens (including phenoxy) is 3. The minimum Gasteiger partial charge on any atom is -0.504 e. The number of piperazine rings is 1. The van der Waals surface area contributed by atoms with Gasteiger partial charge in [0.1, 0.15) is 24.9 Å². The molecule has 2 bridgehead atoms. The van der Waals surface area contributed by atoms with Crippen molar-refractivity contribution in [2.45, 2.75) is 116 Å². The predicted octanol–water partition coefficient (Wildman–Crippen LogP) is 1.67. The molecule has 11 N–H and O–H groups in total. The van der Waals surface area contributed by atoms with Crippen LogP contribution in [0.4, 0.5) is 15.3 Å². The molecule has 1 saturated heterocycles. The second kappa shape index (κ2) is 23.2. The lowest BCUT2D eigenvalue weighted by Gasteiger charge is -2.54. The Morgan fingerprint density at radius 3 is 2.23 bits per heavy atom. The highest BCUT2D eigenvalue weighted by Crippen LogP contribution is 2.46. The number of hydrogen-bond donors (Lipinski definition) is 9. The van der Waals surface area contributed by atoms with Gasteiger partial charge in [-0.05, 0) is 99.9 Å². The third-order valence-corrected chi connectivity index (χ3v) is 13.2. The fourth-order valence-electron chi connectivity index (χ4n) is 9.13. The molecule has 0 radical (unpaired) electrons. The number of benzene rings is 2.